The number of nitrogens with zero attached hydrogens (tertiary/aromatic N) is 3. The summed E-state index contributed by atoms with van der Waals surface area (Å²) in [4.78, 5) is 2.22. The maximum absolute atomic E-state index is 9.95. The van der Waals surface area contributed by atoms with Gasteiger partial charge in [0, 0.05) is 20.1 Å². The van der Waals surface area contributed by atoms with E-state index in [1.165, 1.54) is 0 Å². The Hall–Kier alpha value is -1.23. The topological polar surface area (TPSA) is 67.3 Å². The first-order valence-electron chi connectivity index (χ1n) is 6.23. The zero-order valence-corrected chi connectivity index (χ0v) is 10.9. The Morgan fingerprint density at radius 1 is 1.41 bits per heavy atom. The lowest BCUT2D eigenvalue weighted by atomic mass is 9.94. The van der Waals surface area contributed by atoms with Gasteiger partial charge in [0.2, 0.25) is 0 Å². The van der Waals surface area contributed by atoms with Crippen molar-refractivity contribution >= 4 is 11.5 Å². The average molecular weight is 238 g/mol. The van der Waals surface area contributed by atoms with Gasteiger partial charge in [-0.25, -0.2) is 0 Å². The van der Waals surface area contributed by atoms with Gasteiger partial charge in [-0.2, -0.15) is 5.10 Å². The molecule has 1 aromatic heterocycles. The van der Waals surface area contributed by atoms with Crippen LogP contribution in [0.1, 0.15) is 32.4 Å². The molecule has 1 aliphatic heterocycles. The van der Waals surface area contributed by atoms with Gasteiger partial charge in [0.1, 0.15) is 5.82 Å². The van der Waals surface area contributed by atoms with Crippen molar-refractivity contribution in [1.82, 2.24) is 9.78 Å². The van der Waals surface area contributed by atoms with Gasteiger partial charge in [-0.15, -0.1) is 0 Å². The van der Waals surface area contributed by atoms with Crippen molar-refractivity contribution < 1.29 is 5.11 Å². The highest BCUT2D eigenvalue weighted by molar-refractivity contribution is 5.66. The molecule has 2 heterocycles. The lowest BCUT2D eigenvalue weighted by Gasteiger charge is -2.37. The Labute approximate surface area is 102 Å². The van der Waals surface area contributed by atoms with Gasteiger partial charge in [-0.05, 0) is 26.2 Å². The van der Waals surface area contributed by atoms with E-state index in [-0.39, 0.29) is 0 Å². The van der Waals surface area contributed by atoms with Crippen LogP contribution in [0.4, 0.5) is 11.5 Å². The Balaban J connectivity index is 2.21. The second-order valence-corrected chi connectivity index (χ2v) is 5.15. The van der Waals surface area contributed by atoms with E-state index in [4.69, 9.17) is 5.73 Å². The van der Waals surface area contributed by atoms with E-state index in [1.807, 2.05) is 18.7 Å². The number of rotatable bonds is 2. The minimum atomic E-state index is -0.530. The molecule has 96 valence electrons. The number of nitrogens with two attached hydrogens (primary N) is 1. The first-order chi connectivity index (χ1) is 7.94. The Morgan fingerprint density at radius 3 is 2.47 bits per heavy atom. The van der Waals surface area contributed by atoms with Crippen LogP contribution in [0.15, 0.2) is 0 Å². The molecule has 0 atom stereocenters. The molecular weight excluding hydrogens is 216 g/mol. The molecule has 1 saturated heterocycles. The molecule has 0 amide bonds. The Morgan fingerprint density at radius 2 is 2.00 bits per heavy atom. The summed E-state index contributed by atoms with van der Waals surface area (Å²) >= 11 is 0. The normalized spacial score (nSPS) is 19.6. The van der Waals surface area contributed by atoms with Crippen molar-refractivity contribution in [3.05, 3.63) is 5.69 Å². The fourth-order valence-electron chi connectivity index (χ4n) is 2.42. The quantitative estimate of drug-likeness (QED) is 0.804. The van der Waals surface area contributed by atoms with E-state index in [1.54, 1.807) is 0 Å². The van der Waals surface area contributed by atoms with Crippen LogP contribution in [-0.4, -0.2) is 33.6 Å². The highest BCUT2D eigenvalue weighted by Crippen LogP contribution is 2.31. The minimum absolute atomic E-state index is 0.530. The van der Waals surface area contributed by atoms with Crippen molar-refractivity contribution in [2.45, 2.75) is 38.7 Å². The predicted molar refractivity (Wildman–Crippen MR) is 69.1 cm³/mol. The van der Waals surface area contributed by atoms with E-state index in [2.05, 4.69) is 16.9 Å². The predicted octanol–water partition coefficient (Wildman–Crippen LogP) is 0.916. The molecule has 0 radical (unpaired) electrons. The van der Waals surface area contributed by atoms with Crippen molar-refractivity contribution in [1.29, 1.82) is 0 Å². The fraction of sp³-hybridized carbons (Fsp3) is 0.750. The number of nitrogen functional groups attached to an aromatic ring is 1. The van der Waals surface area contributed by atoms with Crippen molar-refractivity contribution in [3.8, 4) is 0 Å². The Bertz CT molecular complexity index is 401. The molecule has 17 heavy (non-hydrogen) atoms. The largest absolute Gasteiger partial charge is 0.394 e. The number of hydrogen-bond acceptors (Lipinski definition) is 4. The molecule has 3 N–H and O–H groups in total. The van der Waals surface area contributed by atoms with E-state index < -0.39 is 5.60 Å². The first-order valence-corrected chi connectivity index (χ1v) is 6.23. The number of aromatic nitrogens is 2. The van der Waals surface area contributed by atoms with Crippen LogP contribution in [0.5, 0.6) is 0 Å². The lowest BCUT2D eigenvalue weighted by molar-refractivity contribution is 0.0349. The number of aliphatic hydroxyl groups is 1. The summed E-state index contributed by atoms with van der Waals surface area (Å²) < 4.78 is 1.86. The van der Waals surface area contributed by atoms with Crippen molar-refractivity contribution in [2.24, 2.45) is 7.05 Å². The highest BCUT2D eigenvalue weighted by Gasteiger charge is 2.29. The third-order valence-corrected chi connectivity index (χ3v) is 3.60. The zero-order chi connectivity index (χ0) is 12.6. The van der Waals surface area contributed by atoms with Crippen LogP contribution in [0.3, 0.4) is 0 Å². The highest BCUT2D eigenvalue weighted by atomic mass is 16.3. The molecule has 1 aromatic rings. The van der Waals surface area contributed by atoms with E-state index >= 15 is 0 Å². The third-order valence-electron chi connectivity index (χ3n) is 3.60. The summed E-state index contributed by atoms with van der Waals surface area (Å²) in [7, 11) is 1.93. The van der Waals surface area contributed by atoms with Gasteiger partial charge < -0.3 is 15.7 Å². The third kappa shape index (κ3) is 2.24. The number of hydrogen-bond donors (Lipinski definition) is 2. The van der Waals surface area contributed by atoms with Gasteiger partial charge in [0.05, 0.1) is 17.0 Å². The molecule has 0 aliphatic carbocycles. The van der Waals surface area contributed by atoms with Crippen LogP contribution in [0.25, 0.3) is 0 Å². The minimum Gasteiger partial charge on any atom is -0.394 e. The molecule has 0 spiro atoms. The van der Waals surface area contributed by atoms with E-state index in [0.29, 0.717) is 0 Å². The molecule has 5 nitrogen and oxygen atoms in total. The maximum Gasteiger partial charge on any atom is 0.150 e. The molecule has 0 saturated carbocycles. The summed E-state index contributed by atoms with van der Waals surface area (Å²) in [5.74, 6) is 0.998. The molecule has 0 unspecified atom stereocenters. The maximum atomic E-state index is 9.95. The second kappa shape index (κ2) is 4.22. The van der Waals surface area contributed by atoms with Gasteiger partial charge >= 0.3 is 0 Å². The van der Waals surface area contributed by atoms with Crippen LogP contribution in [0.2, 0.25) is 0 Å². The average Bonchev–Trinajstić information content (AvgIpc) is 2.55. The van der Waals surface area contributed by atoms with E-state index in [0.717, 1.165) is 49.6 Å². The van der Waals surface area contributed by atoms with Gasteiger partial charge in [-0.3, -0.25) is 4.68 Å². The van der Waals surface area contributed by atoms with E-state index in [9.17, 15) is 5.11 Å². The molecular formula is C12H22N4O. The van der Waals surface area contributed by atoms with Gasteiger partial charge in [0.25, 0.3) is 0 Å². The smallest absolute Gasteiger partial charge is 0.150 e. The summed E-state index contributed by atoms with van der Waals surface area (Å²) in [5, 5.41) is 14.4. The van der Waals surface area contributed by atoms with Crippen molar-refractivity contribution in [2.75, 3.05) is 23.7 Å². The van der Waals surface area contributed by atoms with Gasteiger partial charge in [0.15, 0.2) is 0 Å². The standard InChI is InChI=1S/C12H22N4O/c1-4-9-10(13)11(15(3)14-9)16-7-5-12(2,17)6-8-16/h17H,4-8,13H2,1-3H3. The summed E-state index contributed by atoms with van der Waals surface area (Å²) in [6.45, 7) is 5.62. The lowest BCUT2D eigenvalue weighted by Crippen LogP contribution is -2.43. The number of aryl methyl sites for hydroxylation is 2. The first kappa shape index (κ1) is 12.2. The molecule has 0 bridgehead atoms. The van der Waals surface area contributed by atoms with Crippen LogP contribution in [0, 0.1) is 0 Å². The fourth-order valence-corrected chi connectivity index (χ4v) is 2.42. The molecule has 0 aromatic carbocycles. The summed E-state index contributed by atoms with van der Waals surface area (Å²) in [6, 6.07) is 0. The van der Waals surface area contributed by atoms with Crippen molar-refractivity contribution in [3.63, 3.8) is 0 Å². The van der Waals surface area contributed by atoms with Crippen LogP contribution < -0.4 is 10.6 Å². The summed E-state index contributed by atoms with van der Waals surface area (Å²) in [6.07, 6.45) is 2.41. The SMILES string of the molecule is CCc1nn(C)c(N2CCC(C)(O)CC2)c1N. The number of anilines is 2. The monoisotopic (exact) mass is 238 g/mol. The molecule has 5 heteroatoms. The zero-order valence-electron chi connectivity index (χ0n) is 10.9. The van der Waals surface area contributed by atoms with Gasteiger partial charge in [-0.1, -0.05) is 6.92 Å². The second-order valence-electron chi connectivity index (χ2n) is 5.15. The molecule has 1 fully saturated rings. The molecule has 2 rings (SSSR count). The summed E-state index contributed by atoms with van der Waals surface area (Å²) in [5.41, 5.74) is 7.34. The molecule has 1 aliphatic rings. The van der Waals surface area contributed by atoms with Crippen LogP contribution in [-0.2, 0) is 13.5 Å². The van der Waals surface area contributed by atoms with Crippen LogP contribution >= 0.6 is 0 Å². The Kier molecular flexibility index (Phi) is 3.03. The number of piperidine rings is 1.